The van der Waals surface area contributed by atoms with Crippen LogP contribution < -0.4 is 5.32 Å². The molecule has 21 heavy (non-hydrogen) atoms. The van der Waals surface area contributed by atoms with Crippen LogP contribution in [0.25, 0.3) is 0 Å². The third kappa shape index (κ3) is 4.41. The summed E-state index contributed by atoms with van der Waals surface area (Å²) < 4.78 is 0. The van der Waals surface area contributed by atoms with Gasteiger partial charge in [-0.3, -0.25) is 14.4 Å². The standard InChI is InChI=1S/C16H20N2O3/c1-12(19)18-9-7-14(8-10-18)17-16(21)11-15(20)13-5-3-2-4-6-13/h2-6,14H,7-11H2,1H3,(H,17,21). The zero-order valence-corrected chi connectivity index (χ0v) is 12.2. The number of nitrogens with zero attached hydrogens (tertiary/aromatic N) is 1. The number of carbonyl (C=O) groups excluding carboxylic acids is 3. The van der Waals surface area contributed by atoms with Crippen LogP contribution in [0, 0.1) is 0 Å². The van der Waals surface area contributed by atoms with Crippen LogP contribution in [-0.4, -0.2) is 41.6 Å². The molecule has 1 heterocycles. The van der Waals surface area contributed by atoms with Crippen molar-refractivity contribution < 1.29 is 14.4 Å². The van der Waals surface area contributed by atoms with Crippen molar-refractivity contribution in [1.29, 1.82) is 0 Å². The highest BCUT2D eigenvalue weighted by atomic mass is 16.2. The smallest absolute Gasteiger partial charge is 0.228 e. The summed E-state index contributed by atoms with van der Waals surface area (Å²) in [6, 6.07) is 8.86. The highest BCUT2D eigenvalue weighted by Crippen LogP contribution is 2.11. The van der Waals surface area contributed by atoms with Crippen LogP contribution in [0.15, 0.2) is 30.3 Å². The topological polar surface area (TPSA) is 66.5 Å². The van der Waals surface area contributed by atoms with E-state index in [1.807, 2.05) is 6.07 Å². The number of carbonyl (C=O) groups is 3. The second kappa shape index (κ2) is 7.02. The first kappa shape index (κ1) is 15.2. The molecule has 0 saturated carbocycles. The molecule has 0 bridgehead atoms. The van der Waals surface area contributed by atoms with Gasteiger partial charge in [-0.05, 0) is 12.8 Å². The Hall–Kier alpha value is -2.17. The maximum Gasteiger partial charge on any atom is 0.228 e. The molecule has 112 valence electrons. The Morgan fingerprint density at radius 3 is 2.33 bits per heavy atom. The summed E-state index contributed by atoms with van der Waals surface area (Å²) in [5.41, 5.74) is 0.555. The average Bonchev–Trinajstić information content (AvgIpc) is 2.48. The van der Waals surface area contributed by atoms with E-state index in [0.29, 0.717) is 18.7 Å². The number of nitrogens with one attached hydrogen (secondary N) is 1. The van der Waals surface area contributed by atoms with Gasteiger partial charge in [0.05, 0.1) is 6.42 Å². The number of hydrogen-bond donors (Lipinski definition) is 1. The molecular weight excluding hydrogens is 268 g/mol. The van der Waals surface area contributed by atoms with Gasteiger partial charge in [0.25, 0.3) is 0 Å². The van der Waals surface area contributed by atoms with E-state index in [1.165, 1.54) is 0 Å². The molecule has 1 saturated heterocycles. The van der Waals surface area contributed by atoms with Crippen LogP contribution in [0.3, 0.4) is 0 Å². The normalized spacial score (nSPS) is 15.6. The first-order valence-electron chi connectivity index (χ1n) is 7.19. The van der Waals surface area contributed by atoms with E-state index < -0.39 is 0 Å². The molecule has 0 aliphatic carbocycles. The van der Waals surface area contributed by atoms with Crippen molar-refractivity contribution in [2.24, 2.45) is 0 Å². The van der Waals surface area contributed by atoms with Gasteiger partial charge in [-0.1, -0.05) is 30.3 Å². The first-order valence-corrected chi connectivity index (χ1v) is 7.19. The van der Waals surface area contributed by atoms with Gasteiger partial charge < -0.3 is 10.2 Å². The molecule has 1 aliphatic heterocycles. The lowest BCUT2D eigenvalue weighted by Gasteiger charge is -2.31. The third-order valence-corrected chi connectivity index (χ3v) is 3.72. The van der Waals surface area contributed by atoms with E-state index in [4.69, 9.17) is 0 Å². The Kier molecular flexibility index (Phi) is 5.09. The van der Waals surface area contributed by atoms with Crippen LogP contribution in [0.1, 0.15) is 36.5 Å². The fourth-order valence-electron chi connectivity index (χ4n) is 2.49. The second-order valence-electron chi connectivity index (χ2n) is 5.31. The van der Waals surface area contributed by atoms with Crippen molar-refractivity contribution >= 4 is 17.6 Å². The Labute approximate surface area is 124 Å². The van der Waals surface area contributed by atoms with E-state index in [0.717, 1.165) is 12.8 Å². The van der Waals surface area contributed by atoms with Gasteiger partial charge in [0, 0.05) is 31.6 Å². The molecule has 1 N–H and O–H groups in total. The Morgan fingerprint density at radius 2 is 1.76 bits per heavy atom. The van der Waals surface area contributed by atoms with Gasteiger partial charge in [-0.2, -0.15) is 0 Å². The summed E-state index contributed by atoms with van der Waals surface area (Å²) >= 11 is 0. The second-order valence-corrected chi connectivity index (χ2v) is 5.31. The van der Waals surface area contributed by atoms with E-state index >= 15 is 0 Å². The predicted molar refractivity (Wildman–Crippen MR) is 78.8 cm³/mol. The minimum atomic E-state index is -0.245. The molecule has 5 heteroatoms. The fourth-order valence-corrected chi connectivity index (χ4v) is 2.49. The monoisotopic (exact) mass is 288 g/mol. The molecule has 0 radical (unpaired) electrons. The highest BCUT2D eigenvalue weighted by molar-refractivity contribution is 6.07. The average molecular weight is 288 g/mol. The molecule has 1 aromatic carbocycles. The SMILES string of the molecule is CC(=O)N1CCC(NC(=O)CC(=O)c2ccccc2)CC1. The first-order chi connectivity index (χ1) is 10.1. The number of ketones is 1. The van der Waals surface area contributed by atoms with E-state index in [1.54, 1.807) is 36.1 Å². The van der Waals surface area contributed by atoms with Crippen molar-refractivity contribution in [1.82, 2.24) is 10.2 Å². The summed E-state index contributed by atoms with van der Waals surface area (Å²) in [5.74, 6) is -0.349. The van der Waals surface area contributed by atoms with Crippen LogP contribution in [0.5, 0.6) is 0 Å². The van der Waals surface area contributed by atoms with Crippen LogP contribution >= 0.6 is 0 Å². The number of benzene rings is 1. The maximum atomic E-state index is 11.9. The van der Waals surface area contributed by atoms with Gasteiger partial charge >= 0.3 is 0 Å². The molecule has 2 amide bonds. The minimum absolute atomic E-state index is 0.0525. The predicted octanol–water partition coefficient (Wildman–Crippen LogP) is 1.39. The number of piperidine rings is 1. The lowest BCUT2D eigenvalue weighted by Crippen LogP contribution is -2.46. The van der Waals surface area contributed by atoms with Crippen LogP contribution in [-0.2, 0) is 9.59 Å². The summed E-state index contributed by atoms with van der Waals surface area (Å²) in [5, 5.41) is 2.88. The van der Waals surface area contributed by atoms with Crippen molar-refractivity contribution in [2.45, 2.75) is 32.2 Å². The van der Waals surface area contributed by atoms with E-state index in [2.05, 4.69) is 5.32 Å². The molecule has 5 nitrogen and oxygen atoms in total. The molecule has 2 rings (SSSR count). The molecular formula is C16H20N2O3. The van der Waals surface area contributed by atoms with Gasteiger partial charge in [-0.15, -0.1) is 0 Å². The van der Waals surface area contributed by atoms with Crippen molar-refractivity contribution in [2.75, 3.05) is 13.1 Å². The minimum Gasteiger partial charge on any atom is -0.353 e. The summed E-state index contributed by atoms with van der Waals surface area (Å²) in [6.45, 7) is 2.87. The Bertz CT molecular complexity index is 520. The number of Topliss-reactive ketones (excluding diaryl/α,β-unsaturated/α-hetero) is 1. The fraction of sp³-hybridized carbons (Fsp3) is 0.438. The van der Waals surface area contributed by atoms with Gasteiger partial charge in [-0.25, -0.2) is 0 Å². The zero-order chi connectivity index (χ0) is 15.2. The third-order valence-electron chi connectivity index (χ3n) is 3.72. The lowest BCUT2D eigenvalue weighted by molar-refractivity contribution is -0.130. The zero-order valence-electron chi connectivity index (χ0n) is 12.2. The summed E-state index contributed by atoms with van der Waals surface area (Å²) in [4.78, 5) is 36.8. The van der Waals surface area contributed by atoms with Crippen molar-refractivity contribution in [3.63, 3.8) is 0 Å². The molecule has 0 spiro atoms. The van der Waals surface area contributed by atoms with Crippen LogP contribution in [0.4, 0.5) is 0 Å². The molecule has 0 unspecified atom stereocenters. The van der Waals surface area contributed by atoms with Crippen LogP contribution in [0.2, 0.25) is 0 Å². The molecule has 1 fully saturated rings. The Balaban J connectivity index is 1.78. The summed E-state index contributed by atoms with van der Waals surface area (Å²) in [7, 11) is 0. The highest BCUT2D eigenvalue weighted by Gasteiger charge is 2.22. The Morgan fingerprint density at radius 1 is 1.14 bits per heavy atom. The van der Waals surface area contributed by atoms with Crippen molar-refractivity contribution in [3.8, 4) is 0 Å². The van der Waals surface area contributed by atoms with E-state index in [9.17, 15) is 14.4 Å². The van der Waals surface area contributed by atoms with E-state index in [-0.39, 0.29) is 30.1 Å². The summed E-state index contributed by atoms with van der Waals surface area (Å²) in [6.07, 6.45) is 1.35. The molecule has 1 aromatic rings. The van der Waals surface area contributed by atoms with Gasteiger partial charge in [0.1, 0.15) is 0 Å². The number of likely N-dealkylation sites (tertiary alicyclic amines) is 1. The maximum absolute atomic E-state index is 11.9. The molecule has 0 aromatic heterocycles. The molecule has 1 aliphatic rings. The number of amides is 2. The lowest BCUT2D eigenvalue weighted by atomic mass is 10.0. The van der Waals surface area contributed by atoms with Crippen molar-refractivity contribution in [3.05, 3.63) is 35.9 Å². The number of hydrogen-bond acceptors (Lipinski definition) is 3. The van der Waals surface area contributed by atoms with Gasteiger partial charge in [0.15, 0.2) is 5.78 Å². The largest absolute Gasteiger partial charge is 0.353 e. The quantitative estimate of drug-likeness (QED) is 0.672. The van der Waals surface area contributed by atoms with Gasteiger partial charge in [0.2, 0.25) is 11.8 Å². The number of rotatable bonds is 4. The molecule has 0 atom stereocenters.